The van der Waals surface area contributed by atoms with E-state index in [2.05, 4.69) is 38.0 Å². The van der Waals surface area contributed by atoms with E-state index in [9.17, 15) is 9.59 Å². The molecular formula is C39H41Cl2N5O4. The number of hydrogen-bond acceptors (Lipinski definition) is 7. The Hall–Kier alpha value is -4.15. The molecule has 3 aliphatic rings. The first-order valence-electron chi connectivity index (χ1n) is 17.1. The predicted molar refractivity (Wildman–Crippen MR) is 197 cm³/mol. The van der Waals surface area contributed by atoms with Crippen molar-refractivity contribution in [2.75, 3.05) is 33.9 Å². The summed E-state index contributed by atoms with van der Waals surface area (Å²) in [4.78, 5) is 30.3. The van der Waals surface area contributed by atoms with Crippen molar-refractivity contribution in [1.82, 2.24) is 25.8 Å². The van der Waals surface area contributed by atoms with E-state index in [1.807, 2.05) is 42.5 Å². The average molecular weight is 715 g/mol. The molecule has 0 aliphatic carbocycles. The van der Waals surface area contributed by atoms with Crippen molar-refractivity contribution in [3.8, 4) is 45.0 Å². The lowest BCUT2D eigenvalue weighted by atomic mass is 9.92. The van der Waals surface area contributed by atoms with E-state index in [0.717, 1.165) is 83.8 Å². The number of pyridine rings is 1. The van der Waals surface area contributed by atoms with Gasteiger partial charge in [0.1, 0.15) is 11.5 Å². The van der Waals surface area contributed by atoms with Gasteiger partial charge in [0, 0.05) is 97.2 Å². The summed E-state index contributed by atoms with van der Waals surface area (Å²) >= 11 is 14.3. The van der Waals surface area contributed by atoms with Crippen molar-refractivity contribution in [2.45, 2.75) is 57.3 Å². The highest BCUT2D eigenvalue weighted by atomic mass is 35.5. The number of halogens is 2. The average Bonchev–Trinajstić information content (AvgIpc) is 3.74. The van der Waals surface area contributed by atoms with E-state index in [4.69, 9.17) is 32.7 Å². The Morgan fingerprint density at radius 3 is 2.30 bits per heavy atom. The van der Waals surface area contributed by atoms with Crippen LogP contribution in [0, 0.1) is 0 Å². The van der Waals surface area contributed by atoms with E-state index in [0.29, 0.717) is 41.7 Å². The highest BCUT2D eigenvalue weighted by Crippen LogP contribution is 2.44. The Bertz CT molecular complexity index is 1920. The zero-order chi connectivity index (χ0) is 34.8. The van der Waals surface area contributed by atoms with Gasteiger partial charge in [0.15, 0.2) is 0 Å². The van der Waals surface area contributed by atoms with Gasteiger partial charge < -0.3 is 25.4 Å². The topological polar surface area (TPSA) is 105 Å². The number of amides is 2. The first kappa shape index (κ1) is 34.3. The molecule has 50 heavy (non-hydrogen) atoms. The number of aromatic nitrogens is 1. The van der Waals surface area contributed by atoms with Crippen molar-refractivity contribution < 1.29 is 19.1 Å². The molecule has 2 fully saturated rings. The minimum Gasteiger partial charge on any atom is -0.496 e. The second kappa shape index (κ2) is 15.0. The lowest BCUT2D eigenvalue weighted by molar-refractivity contribution is -0.120. The summed E-state index contributed by atoms with van der Waals surface area (Å²) in [6.07, 6.45) is 5.56. The van der Waals surface area contributed by atoms with Crippen LogP contribution in [0.3, 0.4) is 0 Å². The quantitative estimate of drug-likeness (QED) is 0.165. The molecule has 1 aromatic heterocycles. The number of carbonyl (C=O) groups excluding carboxylic acids is 2. The normalized spacial score (nSPS) is 18.9. The molecule has 11 heteroatoms. The number of ether oxygens (including phenoxy) is 2. The summed E-state index contributed by atoms with van der Waals surface area (Å²) in [6, 6.07) is 18.5. The zero-order valence-electron chi connectivity index (χ0n) is 28.3. The summed E-state index contributed by atoms with van der Waals surface area (Å²) in [5.41, 5.74) is 8.36. The van der Waals surface area contributed by atoms with Crippen LogP contribution in [0.2, 0.25) is 10.0 Å². The van der Waals surface area contributed by atoms with E-state index >= 15 is 0 Å². The molecule has 3 aliphatic heterocycles. The van der Waals surface area contributed by atoms with Gasteiger partial charge in [-0.2, -0.15) is 0 Å². The number of benzene rings is 3. The highest BCUT2D eigenvalue weighted by Gasteiger charge is 2.27. The van der Waals surface area contributed by atoms with Gasteiger partial charge in [-0.25, -0.2) is 0 Å². The molecule has 0 radical (unpaired) electrons. The molecule has 3 aromatic carbocycles. The largest absolute Gasteiger partial charge is 0.496 e. The fourth-order valence-electron chi connectivity index (χ4n) is 7.37. The standard InChI is InChI=1S/C39H41Cl2N5O4/c1-49-33-17-24(6-7-25(33)19-42-20-27-8-10-35(47)44-27)39-38(41)31(12-14-43-39)30-5-3-4-29(37(30)40)26-16-23-13-15-46(21-28-9-11-36(48)45-28)22-32(23)34(18-26)50-2/h3-7,12,14,16-18,27-28,42H,8-11,13,15,19-22H2,1-2H3,(H,44,47)(H,45,48)/t27-,28-/m1/s1. The maximum atomic E-state index is 11.7. The van der Waals surface area contributed by atoms with Crippen LogP contribution in [0.1, 0.15) is 42.4 Å². The SMILES string of the molecule is COc1cc(-c2nccc(-c3cccc(-c4cc5c(c(OC)c4)CN(C[C@H]4CCC(=O)N4)CC5)c3Cl)c2Cl)ccc1CNC[C@H]1CCC(=O)N1. The molecule has 2 atom stereocenters. The predicted octanol–water partition coefficient (Wildman–Crippen LogP) is 6.41. The van der Waals surface area contributed by atoms with Crippen LogP contribution in [-0.2, 0) is 29.1 Å². The lowest BCUT2D eigenvalue weighted by Crippen LogP contribution is -2.41. The van der Waals surface area contributed by atoms with Crippen LogP contribution in [-0.4, -0.2) is 67.6 Å². The highest BCUT2D eigenvalue weighted by molar-refractivity contribution is 6.39. The number of hydrogen-bond donors (Lipinski definition) is 3. The molecule has 4 aromatic rings. The molecule has 0 bridgehead atoms. The van der Waals surface area contributed by atoms with Crippen molar-refractivity contribution >= 4 is 35.0 Å². The van der Waals surface area contributed by atoms with Crippen LogP contribution in [0.15, 0.2) is 60.8 Å². The second-order valence-corrected chi connectivity index (χ2v) is 14.0. The minimum atomic E-state index is 0.109. The van der Waals surface area contributed by atoms with E-state index in [-0.39, 0.29) is 23.9 Å². The van der Waals surface area contributed by atoms with Crippen LogP contribution in [0.5, 0.6) is 11.5 Å². The molecule has 0 spiro atoms. The van der Waals surface area contributed by atoms with Crippen molar-refractivity contribution in [1.29, 1.82) is 0 Å². The van der Waals surface area contributed by atoms with E-state index in [1.54, 1.807) is 20.4 Å². The van der Waals surface area contributed by atoms with Crippen LogP contribution < -0.4 is 25.4 Å². The second-order valence-electron chi connectivity index (χ2n) is 13.3. The number of carbonyl (C=O) groups is 2. The molecule has 2 saturated heterocycles. The summed E-state index contributed by atoms with van der Waals surface area (Å²) < 4.78 is 11.7. The van der Waals surface area contributed by atoms with Crippen molar-refractivity contribution in [3.63, 3.8) is 0 Å². The van der Waals surface area contributed by atoms with Gasteiger partial charge in [0.2, 0.25) is 11.8 Å². The van der Waals surface area contributed by atoms with Gasteiger partial charge in [-0.05, 0) is 48.6 Å². The number of nitrogens with zero attached hydrogens (tertiary/aromatic N) is 2. The monoisotopic (exact) mass is 713 g/mol. The van der Waals surface area contributed by atoms with Crippen molar-refractivity contribution in [3.05, 3.63) is 87.5 Å². The Kier molecular flexibility index (Phi) is 10.3. The lowest BCUT2D eigenvalue weighted by Gasteiger charge is -2.32. The number of nitrogens with one attached hydrogen (secondary N) is 3. The van der Waals surface area contributed by atoms with Crippen molar-refractivity contribution in [2.24, 2.45) is 0 Å². The number of rotatable bonds is 11. The summed E-state index contributed by atoms with van der Waals surface area (Å²) in [5, 5.41) is 10.6. The smallest absolute Gasteiger partial charge is 0.220 e. The van der Waals surface area contributed by atoms with Gasteiger partial charge in [-0.3, -0.25) is 19.5 Å². The van der Waals surface area contributed by atoms with Gasteiger partial charge in [0.05, 0.1) is 30.0 Å². The third kappa shape index (κ3) is 7.19. The molecule has 9 nitrogen and oxygen atoms in total. The van der Waals surface area contributed by atoms with Gasteiger partial charge >= 0.3 is 0 Å². The molecule has 0 saturated carbocycles. The fourth-order valence-corrected chi connectivity index (χ4v) is 8.03. The first-order valence-corrected chi connectivity index (χ1v) is 17.9. The molecule has 260 valence electrons. The maximum Gasteiger partial charge on any atom is 0.220 e. The molecule has 7 rings (SSSR count). The molecule has 3 N–H and O–H groups in total. The number of fused-ring (bicyclic) bond motifs is 1. The molecule has 4 heterocycles. The zero-order valence-corrected chi connectivity index (χ0v) is 29.8. The number of methoxy groups -OCH3 is 2. The third-order valence-corrected chi connectivity index (χ3v) is 10.8. The molecular weight excluding hydrogens is 673 g/mol. The van der Waals surface area contributed by atoms with Crippen LogP contribution in [0.25, 0.3) is 33.5 Å². The molecule has 2 amide bonds. The van der Waals surface area contributed by atoms with E-state index < -0.39 is 0 Å². The summed E-state index contributed by atoms with van der Waals surface area (Å²) in [6.45, 7) is 3.83. The Morgan fingerprint density at radius 1 is 0.840 bits per heavy atom. The first-order chi connectivity index (χ1) is 24.3. The van der Waals surface area contributed by atoms with E-state index in [1.165, 1.54) is 11.1 Å². The Morgan fingerprint density at radius 2 is 1.56 bits per heavy atom. The van der Waals surface area contributed by atoms with Crippen LogP contribution in [0.4, 0.5) is 0 Å². The van der Waals surface area contributed by atoms with Crippen LogP contribution >= 0.6 is 23.2 Å². The summed E-state index contributed by atoms with van der Waals surface area (Å²) in [5.74, 6) is 1.81. The summed E-state index contributed by atoms with van der Waals surface area (Å²) in [7, 11) is 3.36. The maximum absolute atomic E-state index is 11.7. The third-order valence-electron chi connectivity index (χ3n) is 10.0. The Balaban J connectivity index is 1.13. The van der Waals surface area contributed by atoms with Gasteiger partial charge in [0.25, 0.3) is 0 Å². The van der Waals surface area contributed by atoms with Gasteiger partial charge in [-0.1, -0.05) is 59.6 Å². The van der Waals surface area contributed by atoms with Gasteiger partial charge in [-0.15, -0.1) is 0 Å². The minimum absolute atomic E-state index is 0.109. The molecule has 0 unspecified atom stereocenters. The Labute approximate surface area is 302 Å². The fraction of sp³-hybridized carbons (Fsp3) is 0.359.